The summed E-state index contributed by atoms with van der Waals surface area (Å²) >= 11 is 0. The Kier molecular flexibility index (Phi) is 3.86. The van der Waals surface area contributed by atoms with Gasteiger partial charge in [0.25, 0.3) is 0 Å². The number of benzene rings is 2. The van der Waals surface area contributed by atoms with Crippen molar-refractivity contribution in [3.05, 3.63) is 59.9 Å². The molecule has 104 valence electrons. The molecule has 3 heteroatoms. The van der Waals surface area contributed by atoms with Crippen molar-refractivity contribution in [1.29, 1.82) is 0 Å². The van der Waals surface area contributed by atoms with Crippen molar-refractivity contribution >= 4 is 11.4 Å². The van der Waals surface area contributed by atoms with Crippen molar-refractivity contribution in [2.75, 3.05) is 23.3 Å². The summed E-state index contributed by atoms with van der Waals surface area (Å²) in [4.78, 5) is 2.40. The zero-order valence-corrected chi connectivity index (χ0v) is 11.5. The zero-order chi connectivity index (χ0) is 13.8. The standard InChI is InChI=1S/C17H19FN2/c18-17-6-2-1-5-14(17)13-19-15-7-9-16(10-8-15)20-11-3-4-12-20/h1-2,5-10,19H,3-4,11-13H2. The van der Waals surface area contributed by atoms with Gasteiger partial charge in [-0.1, -0.05) is 18.2 Å². The Bertz CT molecular complexity index is 559. The minimum atomic E-state index is -0.159. The SMILES string of the molecule is Fc1ccccc1CNc1ccc(N2CCCC2)cc1. The summed E-state index contributed by atoms with van der Waals surface area (Å²) in [6.45, 7) is 2.82. The van der Waals surface area contributed by atoms with Crippen LogP contribution in [-0.4, -0.2) is 13.1 Å². The fraction of sp³-hybridized carbons (Fsp3) is 0.294. The molecule has 1 aliphatic rings. The lowest BCUT2D eigenvalue weighted by Gasteiger charge is -2.18. The highest BCUT2D eigenvalue weighted by atomic mass is 19.1. The van der Waals surface area contributed by atoms with Crippen LogP contribution >= 0.6 is 0 Å². The average Bonchev–Trinajstić information content (AvgIpc) is 3.01. The first kappa shape index (κ1) is 13.0. The molecule has 0 radical (unpaired) electrons. The normalized spacial score (nSPS) is 14.6. The van der Waals surface area contributed by atoms with E-state index in [4.69, 9.17) is 0 Å². The number of nitrogens with zero attached hydrogens (tertiary/aromatic N) is 1. The first-order valence-corrected chi connectivity index (χ1v) is 7.15. The largest absolute Gasteiger partial charge is 0.381 e. The van der Waals surface area contributed by atoms with Gasteiger partial charge in [0.15, 0.2) is 0 Å². The Morgan fingerprint density at radius 2 is 1.65 bits per heavy atom. The van der Waals surface area contributed by atoms with E-state index in [1.54, 1.807) is 12.1 Å². The van der Waals surface area contributed by atoms with E-state index < -0.39 is 0 Å². The van der Waals surface area contributed by atoms with Crippen molar-refractivity contribution in [1.82, 2.24) is 0 Å². The number of hydrogen-bond donors (Lipinski definition) is 1. The molecule has 3 rings (SSSR count). The second-order valence-electron chi connectivity index (χ2n) is 5.19. The van der Waals surface area contributed by atoms with Gasteiger partial charge in [0.2, 0.25) is 0 Å². The summed E-state index contributed by atoms with van der Waals surface area (Å²) in [7, 11) is 0. The molecule has 2 aromatic carbocycles. The summed E-state index contributed by atoms with van der Waals surface area (Å²) in [6.07, 6.45) is 2.57. The van der Waals surface area contributed by atoms with Crippen LogP contribution in [0.25, 0.3) is 0 Å². The van der Waals surface area contributed by atoms with E-state index in [-0.39, 0.29) is 5.82 Å². The monoisotopic (exact) mass is 270 g/mol. The molecular formula is C17H19FN2. The summed E-state index contributed by atoms with van der Waals surface area (Å²) < 4.78 is 13.5. The van der Waals surface area contributed by atoms with Gasteiger partial charge < -0.3 is 10.2 Å². The lowest BCUT2D eigenvalue weighted by atomic mass is 10.2. The zero-order valence-electron chi connectivity index (χ0n) is 11.5. The minimum absolute atomic E-state index is 0.159. The predicted octanol–water partition coefficient (Wildman–Crippen LogP) is 4.04. The van der Waals surface area contributed by atoms with E-state index >= 15 is 0 Å². The number of hydrogen-bond acceptors (Lipinski definition) is 2. The fourth-order valence-electron chi connectivity index (χ4n) is 2.60. The van der Waals surface area contributed by atoms with Crippen LogP contribution in [0.2, 0.25) is 0 Å². The lowest BCUT2D eigenvalue weighted by Crippen LogP contribution is -2.17. The highest BCUT2D eigenvalue weighted by Gasteiger charge is 2.11. The quantitative estimate of drug-likeness (QED) is 0.902. The molecule has 2 aromatic rings. The Morgan fingerprint density at radius 3 is 2.35 bits per heavy atom. The van der Waals surface area contributed by atoms with E-state index in [9.17, 15) is 4.39 Å². The third-order valence-electron chi connectivity index (χ3n) is 3.78. The molecule has 0 spiro atoms. The molecule has 0 saturated carbocycles. The summed E-state index contributed by atoms with van der Waals surface area (Å²) in [6, 6.07) is 15.3. The van der Waals surface area contributed by atoms with Gasteiger partial charge in [-0.15, -0.1) is 0 Å². The topological polar surface area (TPSA) is 15.3 Å². The van der Waals surface area contributed by atoms with Crippen LogP contribution in [0, 0.1) is 5.82 Å². The van der Waals surface area contributed by atoms with Crippen LogP contribution in [0.5, 0.6) is 0 Å². The van der Waals surface area contributed by atoms with Gasteiger partial charge in [-0.05, 0) is 43.2 Å². The molecule has 0 bridgehead atoms. The van der Waals surface area contributed by atoms with Gasteiger partial charge >= 0.3 is 0 Å². The van der Waals surface area contributed by atoms with Crippen molar-refractivity contribution in [2.45, 2.75) is 19.4 Å². The number of nitrogens with one attached hydrogen (secondary N) is 1. The van der Waals surface area contributed by atoms with E-state index in [1.807, 2.05) is 6.07 Å². The second kappa shape index (κ2) is 5.95. The number of halogens is 1. The smallest absolute Gasteiger partial charge is 0.128 e. The molecule has 1 saturated heterocycles. The fourth-order valence-corrected chi connectivity index (χ4v) is 2.60. The van der Waals surface area contributed by atoms with E-state index in [0.717, 1.165) is 18.8 Å². The average molecular weight is 270 g/mol. The molecule has 1 aliphatic heterocycles. The molecular weight excluding hydrogens is 251 g/mol. The Labute approximate surface area is 119 Å². The number of rotatable bonds is 4. The molecule has 2 nitrogen and oxygen atoms in total. The van der Waals surface area contributed by atoms with Crippen LogP contribution in [0.3, 0.4) is 0 Å². The Hall–Kier alpha value is -2.03. The van der Waals surface area contributed by atoms with Gasteiger partial charge in [0, 0.05) is 36.6 Å². The molecule has 0 amide bonds. The van der Waals surface area contributed by atoms with E-state index in [0.29, 0.717) is 12.1 Å². The summed E-state index contributed by atoms with van der Waals surface area (Å²) in [5, 5.41) is 3.26. The number of anilines is 2. The third-order valence-corrected chi connectivity index (χ3v) is 3.78. The molecule has 1 fully saturated rings. The Morgan fingerprint density at radius 1 is 0.950 bits per heavy atom. The maximum atomic E-state index is 13.5. The lowest BCUT2D eigenvalue weighted by molar-refractivity contribution is 0.613. The maximum absolute atomic E-state index is 13.5. The van der Waals surface area contributed by atoms with Gasteiger partial charge in [0.1, 0.15) is 5.82 Å². The van der Waals surface area contributed by atoms with Crippen molar-refractivity contribution in [2.24, 2.45) is 0 Å². The molecule has 1 N–H and O–H groups in total. The highest BCUT2D eigenvalue weighted by molar-refractivity contribution is 5.55. The van der Waals surface area contributed by atoms with E-state index in [1.165, 1.54) is 24.6 Å². The van der Waals surface area contributed by atoms with Crippen LogP contribution < -0.4 is 10.2 Å². The summed E-state index contributed by atoms with van der Waals surface area (Å²) in [5.74, 6) is -0.159. The van der Waals surface area contributed by atoms with Crippen molar-refractivity contribution in [3.63, 3.8) is 0 Å². The Balaban J connectivity index is 1.62. The molecule has 0 unspecified atom stereocenters. The van der Waals surface area contributed by atoms with E-state index in [2.05, 4.69) is 34.5 Å². The van der Waals surface area contributed by atoms with Crippen molar-refractivity contribution in [3.8, 4) is 0 Å². The molecule has 20 heavy (non-hydrogen) atoms. The van der Waals surface area contributed by atoms with Crippen molar-refractivity contribution < 1.29 is 4.39 Å². The predicted molar refractivity (Wildman–Crippen MR) is 81.6 cm³/mol. The van der Waals surface area contributed by atoms with Crippen LogP contribution in [-0.2, 0) is 6.54 Å². The molecule has 0 aliphatic carbocycles. The third kappa shape index (κ3) is 2.93. The first-order valence-electron chi connectivity index (χ1n) is 7.15. The molecule has 0 aromatic heterocycles. The van der Waals surface area contributed by atoms with Gasteiger partial charge in [-0.25, -0.2) is 4.39 Å². The minimum Gasteiger partial charge on any atom is -0.381 e. The summed E-state index contributed by atoms with van der Waals surface area (Å²) in [5.41, 5.74) is 2.99. The highest BCUT2D eigenvalue weighted by Crippen LogP contribution is 2.22. The molecule has 1 heterocycles. The maximum Gasteiger partial charge on any atom is 0.128 e. The van der Waals surface area contributed by atoms with Gasteiger partial charge in [0.05, 0.1) is 0 Å². The van der Waals surface area contributed by atoms with Crippen LogP contribution in [0.15, 0.2) is 48.5 Å². The molecule has 0 atom stereocenters. The second-order valence-corrected chi connectivity index (χ2v) is 5.19. The van der Waals surface area contributed by atoms with Crippen LogP contribution in [0.4, 0.5) is 15.8 Å². The first-order chi connectivity index (χ1) is 9.83. The van der Waals surface area contributed by atoms with Gasteiger partial charge in [-0.2, -0.15) is 0 Å². The van der Waals surface area contributed by atoms with Gasteiger partial charge in [-0.3, -0.25) is 0 Å². The van der Waals surface area contributed by atoms with Crippen LogP contribution in [0.1, 0.15) is 18.4 Å².